The summed E-state index contributed by atoms with van der Waals surface area (Å²) in [5.41, 5.74) is 4.21. The van der Waals surface area contributed by atoms with Crippen LogP contribution in [0.1, 0.15) is 13.8 Å². The van der Waals surface area contributed by atoms with Crippen LogP contribution in [0.2, 0.25) is 0 Å². The topological polar surface area (TPSA) is 61.6 Å². The maximum absolute atomic E-state index is 10.6. The smallest absolute Gasteiger partial charge is 0.405 e. The van der Waals surface area contributed by atoms with Crippen molar-refractivity contribution in [2.45, 2.75) is 19.4 Å². The van der Waals surface area contributed by atoms with E-state index in [1.807, 2.05) is 30.3 Å². The van der Waals surface area contributed by atoms with Crippen molar-refractivity contribution in [2.24, 2.45) is 5.73 Å². The molecule has 15 heavy (non-hydrogen) atoms. The number of carbonyl (C=O) groups is 1. The van der Waals surface area contributed by atoms with Gasteiger partial charge in [0.15, 0.2) is 0 Å². The lowest BCUT2D eigenvalue weighted by molar-refractivity contribution is 0.00926. The molecule has 4 nitrogen and oxygen atoms in total. The largest absolute Gasteiger partial charge is 0.489 e. The Bertz CT molecular complexity index is 322. The molecule has 0 saturated heterocycles. The molecule has 1 aromatic carbocycles. The molecule has 0 fully saturated rings. The van der Waals surface area contributed by atoms with Gasteiger partial charge >= 0.3 is 6.09 Å². The number of rotatable bonds is 4. The van der Waals surface area contributed by atoms with Crippen molar-refractivity contribution in [1.29, 1.82) is 0 Å². The number of hydrogen-bond acceptors (Lipinski definition) is 3. The maximum atomic E-state index is 10.6. The third kappa shape index (κ3) is 4.35. The highest BCUT2D eigenvalue weighted by molar-refractivity contribution is 5.65. The lowest BCUT2D eigenvalue weighted by Gasteiger charge is -2.23. The Morgan fingerprint density at radius 1 is 1.33 bits per heavy atom. The summed E-state index contributed by atoms with van der Waals surface area (Å²) >= 11 is 0. The van der Waals surface area contributed by atoms with Crippen LogP contribution in [-0.2, 0) is 4.74 Å². The molecule has 0 radical (unpaired) electrons. The lowest BCUT2D eigenvalue weighted by atomic mass is 10.1. The number of amides is 1. The van der Waals surface area contributed by atoms with Crippen molar-refractivity contribution in [3.63, 3.8) is 0 Å². The Balaban J connectivity index is 2.46. The number of ether oxygens (including phenoxy) is 2. The highest BCUT2D eigenvalue weighted by Crippen LogP contribution is 2.14. The standard InChI is InChI=1S/C11H15NO3/c1-11(2,15-10(12)13)8-14-9-6-4-3-5-7-9/h3-7H,8H2,1-2H3,(H2,12,13). The van der Waals surface area contributed by atoms with Crippen molar-refractivity contribution >= 4 is 6.09 Å². The van der Waals surface area contributed by atoms with Gasteiger partial charge in [-0.05, 0) is 26.0 Å². The third-order valence-electron chi connectivity index (χ3n) is 1.71. The van der Waals surface area contributed by atoms with Crippen molar-refractivity contribution in [2.75, 3.05) is 6.61 Å². The Kier molecular flexibility index (Phi) is 3.55. The van der Waals surface area contributed by atoms with Crippen molar-refractivity contribution < 1.29 is 14.3 Å². The van der Waals surface area contributed by atoms with Crippen LogP contribution in [0.4, 0.5) is 4.79 Å². The minimum absolute atomic E-state index is 0.264. The highest BCUT2D eigenvalue weighted by atomic mass is 16.6. The zero-order chi connectivity index (χ0) is 11.3. The molecule has 0 bridgehead atoms. The van der Waals surface area contributed by atoms with E-state index in [4.69, 9.17) is 15.2 Å². The summed E-state index contributed by atoms with van der Waals surface area (Å²) in [5.74, 6) is 0.735. The van der Waals surface area contributed by atoms with Crippen molar-refractivity contribution in [3.05, 3.63) is 30.3 Å². The Hall–Kier alpha value is -1.71. The number of nitrogens with two attached hydrogens (primary N) is 1. The summed E-state index contributed by atoms with van der Waals surface area (Å²) in [6.45, 7) is 3.74. The van der Waals surface area contributed by atoms with E-state index in [0.29, 0.717) is 0 Å². The fourth-order valence-electron chi connectivity index (χ4n) is 1.08. The summed E-state index contributed by atoms with van der Waals surface area (Å²) in [5, 5.41) is 0. The van der Waals surface area contributed by atoms with Gasteiger partial charge in [-0.25, -0.2) is 4.79 Å². The first-order valence-electron chi connectivity index (χ1n) is 4.66. The van der Waals surface area contributed by atoms with E-state index in [1.165, 1.54) is 0 Å². The third-order valence-corrected chi connectivity index (χ3v) is 1.71. The van der Waals surface area contributed by atoms with Crippen molar-refractivity contribution in [1.82, 2.24) is 0 Å². The SMILES string of the molecule is CC(C)(COc1ccccc1)OC(N)=O. The van der Waals surface area contributed by atoms with Crippen LogP contribution in [-0.4, -0.2) is 18.3 Å². The second kappa shape index (κ2) is 4.68. The Labute approximate surface area is 89.0 Å². The molecule has 0 unspecified atom stereocenters. The van der Waals surface area contributed by atoms with Gasteiger partial charge in [0, 0.05) is 0 Å². The van der Waals surface area contributed by atoms with Crippen LogP contribution < -0.4 is 10.5 Å². The maximum Gasteiger partial charge on any atom is 0.405 e. The van der Waals surface area contributed by atoms with E-state index in [0.717, 1.165) is 5.75 Å². The molecule has 0 aliphatic carbocycles. The average Bonchev–Trinajstić information content (AvgIpc) is 2.15. The fourth-order valence-corrected chi connectivity index (χ4v) is 1.08. The zero-order valence-corrected chi connectivity index (χ0v) is 8.90. The number of primary amides is 1. The molecule has 0 aliphatic rings. The summed E-state index contributed by atoms with van der Waals surface area (Å²) in [6.07, 6.45) is -0.795. The van der Waals surface area contributed by atoms with E-state index in [-0.39, 0.29) is 6.61 Å². The normalized spacial score (nSPS) is 10.8. The molecule has 4 heteroatoms. The first-order valence-corrected chi connectivity index (χ1v) is 4.66. The highest BCUT2D eigenvalue weighted by Gasteiger charge is 2.22. The quantitative estimate of drug-likeness (QED) is 0.824. The molecule has 1 aromatic rings. The van der Waals surface area contributed by atoms with Gasteiger partial charge in [0.2, 0.25) is 0 Å². The summed E-state index contributed by atoms with van der Waals surface area (Å²) in [7, 11) is 0. The fraction of sp³-hybridized carbons (Fsp3) is 0.364. The van der Waals surface area contributed by atoms with Gasteiger partial charge < -0.3 is 15.2 Å². The minimum Gasteiger partial charge on any atom is -0.489 e. The molecular formula is C11H15NO3. The number of hydrogen-bond donors (Lipinski definition) is 1. The van der Waals surface area contributed by atoms with Gasteiger partial charge in [-0.15, -0.1) is 0 Å². The molecule has 0 atom stereocenters. The second-order valence-electron chi connectivity index (χ2n) is 3.78. The minimum atomic E-state index is -0.795. The van der Waals surface area contributed by atoms with Crippen LogP contribution in [0, 0.1) is 0 Å². The molecule has 0 spiro atoms. The van der Waals surface area contributed by atoms with Crippen molar-refractivity contribution in [3.8, 4) is 5.75 Å². The monoisotopic (exact) mass is 209 g/mol. The predicted octanol–water partition coefficient (Wildman–Crippen LogP) is 1.94. The number of para-hydroxylation sites is 1. The van der Waals surface area contributed by atoms with Crippen LogP contribution in [0.5, 0.6) is 5.75 Å². The molecule has 2 N–H and O–H groups in total. The Morgan fingerprint density at radius 3 is 2.47 bits per heavy atom. The molecule has 0 aliphatic heterocycles. The van der Waals surface area contributed by atoms with Gasteiger partial charge in [0.25, 0.3) is 0 Å². The molecule has 0 heterocycles. The van der Waals surface area contributed by atoms with E-state index in [2.05, 4.69) is 0 Å². The second-order valence-corrected chi connectivity index (χ2v) is 3.78. The van der Waals surface area contributed by atoms with Crippen LogP contribution in [0.25, 0.3) is 0 Å². The first-order chi connectivity index (χ1) is 6.99. The molecule has 1 rings (SSSR count). The molecular weight excluding hydrogens is 194 g/mol. The van der Waals surface area contributed by atoms with Gasteiger partial charge in [0.05, 0.1) is 0 Å². The lowest BCUT2D eigenvalue weighted by Crippen LogP contribution is -2.36. The van der Waals surface area contributed by atoms with Gasteiger partial charge in [-0.2, -0.15) is 0 Å². The molecule has 0 aromatic heterocycles. The van der Waals surface area contributed by atoms with E-state index in [9.17, 15) is 4.79 Å². The van der Waals surface area contributed by atoms with E-state index >= 15 is 0 Å². The molecule has 1 amide bonds. The van der Waals surface area contributed by atoms with Gasteiger partial charge in [0.1, 0.15) is 18.0 Å². The van der Waals surface area contributed by atoms with Crippen LogP contribution in [0.15, 0.2) is 30.3 Å². The van der Waals surface area contributed by atoms with Crippen LogP contribution >= 0.6 is 0 Å². The summed E-state index contributed by atoms with van der Waals surface area (Å²) < 4.78 is 10.3. The Morgan fingerprint density at radius 2 is 1.93 bits per heavy atom. The van der Waals surface area contributed by atoms with Gasteiger partial charge in [-0.1, -0.05) is 18.2 Å². The van der Waals surface area contributed by atoms with E-state index in [1.54, 1.807) is 13.8 Å². The van der Waals surface area contributed by atoms with Gasteiger partial charge in [-0.3, -0.25) is 0 Å². The molecule has 82 valence electrons. The first kappa shape index (κ1) is 11.4. The number of carbonyl (C=O) groups excluding carboxylic acids is 1. The summed E-state index contributed by atoms with van der Waals surface area (Å²) in [6, 6.07) is 9.31. The zero-order valence-electron chi connectivity index (χ0n) is 8.90. The van der Waals surface area contributed by atoms with Crippen LogP contribution in [0.3, 0.4) is 0 Å². The predicted molar refractivity (Wildman–Crippen MR) is 56.7 cm³/mol. The summed E-state index contributed by atoms with van der Waals surface area (Å²) in [4.78, 5) is 10.6. The average molecular weight is 209 g/mol. The molecule has 0 saturated carbocycles. The van der Waals surface area contributed by atoms with E-state index < -0.39 is 11.7 Å². The number of benzene rings is 1.